The molecule has 194 valence electrons. The number of carbonyl (C=O) groups is 4. The van der Waals surface area contributed by atoms with E-state index in [1.807, 2.05) is 12.2 Å². The molecule has 10 heteroatoms. The van der Waals surface area contributed by atoms with Crippen LogP contribution in [0.5, 0.6) is 5.75 Å². The fraction of sp³-hybridized carbons (Fsp3) is 0.357. The monoisotopic (exact) mass is 515 g/mol. The van der Waals surface area contributed by atoms with Crippen molar-refractivity contribution in [3.63, 3.8) is 0 Å². The fourth-order valence-electron chi connectivity index (χ4n) is 6.56. The minimum Gasteiger partial charge on any atom is -0.497 e. The lowest BCUT2D eigenvalue weighted by atomic mass is 9.63. The number of amides is 3. The summed E-state index contributed by atoms with van der Waals surface area (Å²) in [5, 5.41) is 12.9. The number of hydrogen-bond donors (Lipinski definition) is 0. The number of nitro benzene ring substituents is 1. The first-order valence-electron chi connectivity index (χ1n) is 12.5. The van der Waals surface area contributed by atoms with E-state index in [0.717, 1.165) is 16.4 Å². The Morgan fingerprint density at radius 2 is 1.47 bits per heavy atom. The molecule has 2 aromatic rings. The van der Waals surface area contributed by atoms with Gasteiger partial charge in [0.05, 0.1) is 23.9 Å². The predicted octanol–water partition coefficient (Wildman–Crippen LogP) is 3.29. The van der Waals surface area contributed by atoms with Gasteiger partial charge in [-0.3, -0.25) is 29.3 Å². The van der Waals surface area contributed by atoms with E-state index in [4.69, 9.17) is 4.74 Å². The molecule has 3 amide bonds. The Labute approximate surface area is 218 Å². The molecule has 7 atom stereocenters. The lowest BCUT2D eigenvalue weighted by Gasteiger charge is -2.37. The van der Waals surface area contributed by atoms with Gasteiger partial charge in [-0.05, 0) is 73.4 Å². The number of Topliss-reactive ketones (excluding diaryl/α,β-unsaturated/α-hetero) is 1. The summed E-state index contributed by atoms with van der Waals surface area (Å²) in [7, 11) is 1.50. The van der Waals surface area contributed by atoms with Crippen LogP contribution < -0.4 is 4.74 Å². The number of carbonyl (C=O) groups excluding carboxylic acids is 4. The highest BCUT2D eigenvalue weighted by atomic mass is 16.6. The molecule has 7 rings (SSSR count). The van der Waals surface area contributed by atoms with Crippen LogP contribution in [0.2, 0.25) is 0 Å². The third-order valence-electron chi connectivity index (χ3n) is 8.51. The highest BCUT2D eigenvalue weighted by Crippen LogP contribution is 2.65. The summed E-state index contributed by atoms with van der Waals surface area (Å²) in [6.07, 6.45) is 5.06. The average molecular weight is 516 g/mol. The van der Waals surface area contributed by atoms with Crippen LogP contribution in [0.25, 0.3) is 0 Å². The lowest BCUT2D eigenvalue weighted by molar-refractivity contribution is -0.384. The summed E-state index contributed by atoms with van der Waals surface area (Å²) in [6, 6.07) is 9.98. The van der Waals surface area contributed by atoms with Crippen molar-refractivity contribution in [3.8, 4) is 5.75 Å². The van der Waals surface area contributed by atoms with Crippen molar-refractivity contribution in [2.75, 3.05) is 7.11 Å². The van der Waals surface area contributed by atoms with Gasteiger partial charge in [0, 0.05) is 23.3 Å². The van der Waals surface area contributed by atoms with Crippen molar-refractivity contribution in [1.82, 2.24) is 10.0 Å². The Morgan fingerprint density at radius 1 is 0.947 bits per heavy atom. The predicted molar refractivity (Wildman–Crippen MR) is 133 cm³/mol. The van der Waals surface area contributed by atoms with E-state index < -0.39 is 46.3 Å². The number of rotatable bonds is 7. The molecule has 1 aliphatic heterocycles. The molecule has 2 bridgehead atoms. The standard InChI is InChI=1S/C28H25N3O7/c1-14(25(32)15-5-9-18(38-2)10-6-15)29(26(33)16-3-7-17(8-4-16)31(36)37)30-27(34)23-19-11-12-20(22-13-21(19)22)24(23)28(30)35/h3-12,14,19-24H,13H2,1-2H3/t14-,19-,20-,21-,22-,23+,24+/m0/s1. The van der Waals surface area contributed by atoms with E-state index in [9.17, 15) is 29.3 Å². The number of hydrogen-bond acceptors (Lipinski definition) is 7. The van der Waals surface area contributed by atoms with E-state index in [-0.39, 0.29) is 28.7 Å². The van der Waals surface area contributed by atoms with E-state index in [2.05, 4.69) is 0 Å². The fourth-order valence-corrected chi connectivity index (χ4v) is 6.56. The summed E-state index contributed by atoms with van der Waals surface area (Å²) in [6.45, 7) is 1.47. The number of nitro groups is 1. The van der Waals surface area contributed by atoms with Crippen LogP contribution in [0, 0.1) is 45.6 Å². The second-order valence-electron chi connectivity index (χ2n) is 10.4. The number of imide groups is 1. The van der Waals surface area contributed by atoms with Gasteiger partial charge in [0.15, 0.2) is 5.78 Å². The molecule has 4 aliphatic carbocycles. The van der Waals surface area contributed by atoms with Gasteiger partial charge in [0.25, 0.3) is 23.4 Å². The summed E-state index contributed by atoms with van der Waals surface area (Å²) >= 11 is 0. The van der Waals surface area contributed by atoms with Crippen molar-refractivity contribution in [2.45, 2.75) is 19.4 Å². The maximum atomic E-state index is 13.9. The zero-order valence-electron chi connectivity index (χ0n) is 20.7. The molecular weight excluding hydrogens is 490 g/mol. The summed E-state index contributed by atoms with van der Waals surface area (Å²) in [4.78, 5) is 65.6. The van der Waals surface area contributed by atoms with E-state index >= 15 is 0 Å². The van der Waals surface area contributed by atoms with Crippen molar-refractivity contribution in [1.29, 1.82) is 0 Å². The third-order valence-corrected chi connectivity index (χ3v) is 8.51. The van der Waals surface area contributed by atoms with Crippen LogP contribution in [-0.2, 0) is 9.59 Å². The van der Waals surface area contributed by atoms with E-state index in [1.54, 1.807) is 24.3 Å². The molecule has 0 aromatic heterocycles. The first-order valence-corrected chi connectivity index (χ1v) is 12.5. The normalized spacial score (nSPS) is 28.9. The van der Waals surface area contributed by atoms with Crippen LogP contribution in [0.3, 0.4) is 0 Å². The summed E-state index contributed by atoms with van der Waals surface area (Å²) < 4.78 is 5.15. The largest absolute Gasteiger partial charge is 0.497 e. The molecule has 0 spiro atoms. The quantitative estimate of drug-likeness (QED) is 0.182. The van der Waals surface area contributed by atoms with Crippen LogP contribution in [-0.4, -0.2) is 51.6 Å². The van der Waals surface area contributed by atoms with E-state index in [1.165, 1.54) is 38.3 Å². The average Bonchev–Trinajstić information content (AvgIpc) is 3.72. The number of nitrogens with zero attached hydrogens (tertiary/aromatic N) is 3. The molecule has 1 saturated heterocycles. The third kappa shape index (κ3) is 3.47. The van der Waals surface area contributed by atoms with Gasteiger partial charge in [0.1, 0.15) is 11.8 Å². The summed E-state index contributed by atoms with van der Waals surface area (Å²) in [5.74, 6) is -2.12. The highest BCUT2D eigenvalue weighted by molar-refractivity contribution is 6.11. The molecule has 38 heavy (non-hydrogen) atoms. The maximum absolute atomic E-state index is 13.9. The van der Waals surface area contributed by atoms with Gasteiger partial charge in [-0.2, -0.15) is 5.01 Å². The minimum absolute atomic E-state index is 0.0180. The number of allylic oxidation sites excluding steroid dienone is 2. The molecule has 2 aromatic carbocycles. The second kappa shape index (κ2) is 8.61. The Hall–Kier alpha value is -4.34. The second-order valence-corrected chi connectivity index (χ2v) is 10.4. The number of non-ortho nitro benzene ring substituents is 1. The van der Waals surface area contributed by atoms with Gasteiger partial charge in [0.2, 0.25) is 0 Å². The van der Waals surface area contributed by atoms with Crippen LogP contribution >= 0.6 is 0 Å². The first-order chi connectivity index (χ1) is 18.2. The maximum Gasteiger partial charge on any atom is 0.273 e. The van der Waals surface area contributed by atoms with Crippen molar-refractivity contribution < 1.29 is 28.8 Å². The highest BCUT2D eigenvalue weighted by Gasteiger charge is 2.68. The minimum atomic E-state index is -1.21. The lowest BCUT2D eigenvalue weighted by Crippen LogP contribution is -2.56. The van der Waals surface area contributed by atoms with Crippen molar-refractivity contribution in [2.24, 2.45) is 35.5 Å². The molecule has 0 N–H and O–H groups in total. The first kappa shape index (κ1) is 24.0. The van der Waals surface area contributed by atoms with Crippen LogP contribution in [0.4, 0.5) is 5.69 Å². The number of methoxy groups -OCH3 is 1. The molecule has 5 aliphatic rings. The zero-order chi connectivity index (χ0) is 26.9. The number of ether oxygens (including phenoxy) is 1. The van der Waals surface area contributed by atoms with Gasteiger partial charge in [-0.25, -0.2) is 5.01 Å². The topological polar surface area (TPSA) is 127 Å². The Morgan fingerprint density at radius 3 is 1.97 bits per heavy atom. The number of benzene rings is 2. The van der Waals surface area contributed by atoms with Gasteiger partial charge < -0.3 is 4.74 Å². The molecule has 3 fully saturated rings. The van der Waals surface area contributed by atoms with E-state index in [0.29, 0.717) is 17.6 Å². The Kier molecular flexibility index (Phi) is 5.44. The molecular formula is C28H25N3O7. The zero-order valence-corrected chi connectivity index (χ0v) is 20.7. The van der Waals surface area contributed by atoms with Crippen molar-refractivity contribution >= 4 is 29.2 Å². The Bertz CT molecular complexity index is 1360. The molecule has 10 nitrogen and oxygen atoms in total. The summed E-state index contributed by atoms with van der Waals surface area (Å²) in [5.41, 5.74) is 0.0837. The van der Waals surface area contributed by atoms with Crippen LogP contribution in [0.1, 0.15) is 34.1 Å². The molecule has 0 radical (unpaired) electrons. The van der Waals surface area contributed by atoms with Gasteiger partial charge >= 0.3 is 0 Å². The number of ketones is 1. The molecule has 2 saturated carbocycles. The Balaban J connectivity index is 1.38. The smallest absolute Gasteiger partial charge is 0.273 e. The van der Waals surface area contributed by atoms with Crippen molar-refractivity contribution in [3.05, 3.63) is 81.9 Å². The molecule has 1 heterocycles. The van der Waals surface area contributed by atoms with Gasteiger partial charge in [-0.15, -0.1) is 0 Å². The SMILES string of the molecule is COc1ccc(C(=O)[C@H](C)N(C(=O)c2ccc([N+](=O)[O-])cc2)N2C(=O)[C@@H]3[C@H]4C=C[C@@H]([C@@H]5C[C@@H]45)[C@H]3C2=O)cc1. The number of hydrazine groups is 1. The molecule has 0 unspecified atom stereocenters. The van der Waals surface area contributed by atoms with Crippen LogP contribution in [0.15, 0.2) is 60.7 Å². The van der Waals surface area contributed by atoms with Gasteiger partial charge in [-0.1, -0.05) is 12.2 Å².